The van der Waals surface area contributed by atoms with E-state index in [2.05, 4.69) is 10.3 Å². The second kappa shape index (κ2) is 12.2. The molecule has 41 heavy (non-hydrogen) atoms. The van der Waals surface area contributed by atoms with Crippen LogP contribution < -0.4 is 14.4 Å². The molecule has 11 heteroatoms. The molecule has 1 N–H and O–H groups in total. The first-order chi connectivity index (χ1) is 19.8. The normalized spacial score (nSPS) is 13.5. The third kappa shape index (κ3) is 6.34. The Labute approximate surface area is 240 Å². The molecule has 4 aromatic rings. The molecule has 1 aliphatic heterocycles. The quantitative estimate of drug-likeness (QED) is 0.162. The number of aliphatic hydroxyl groups excluding tert-OH is 1. The molecule has 10 nitrogen and oxygen atoms in total. The van der Waals surface area contributed by atoms with Crippen molar-refractivity contribution in [3.05, 3.63) is 106 Å². The van der Waals surface area contributed by atoms with Crippen LogP contribution >= 0.6 is 11.6 Å². The van der Waals surface area contributed by atoms with E-state index in [9.17, 15) is 19.5 Å². The molecule has 5 rings (SSSR count). The van der Waals surface area contributed by atoms with Crippen LogP contribution in [0.3, 0.4) is 0 Å². The Morgan fingerprint density at radius 1 is 1.07 bits per heavy atom. The summed E-state index contributed by atoms with van der Waals surface area (Å²) in [5.74, 6) is -0.305. The van der Waals surface area contributed by atoms with Gasteiger partial charge in [-0.15, -0.1) is 5.10 Å². The Hall–Kier alpha value is -4.80. The number of Topliss-reactive ketones (excluding diaryl/α,β-unsaturated/α-hetero) is 1. The lowest BCUT2D eigenvalue weighted by Crippen LogP contribution is -2.38. The number of hydrogen-bond donors (Lipinski definition) is 1. The van der Waals surface area contributed by atoms with E-state index in [1.54, 1.807) is 61.8 Å². The van der Waals surface area contributed by atoms with E-state index in [1.165, 1.54) is 21.7 Å². The van der Waals surface area contributed by atoms with Crippen LogP contribution in [0.4, 0.5) is 5.69 Å². The van der Waals surface area contributed by atoms with Crippen LogP contribution in [0, 0.1) is 0 Å². The Kier molecular flexibility index (Phi) is 8.23. The zero-order chi connectivity index (χ0) is 28.9. The van der Waals surface area contributed by atoms with E-state index in [4.69, 9.17) is 21.1 Å². The number of amides is 1. The van der Waals surface area contributed by atoms with Crippen LogP contribution in [-0.2, 0) is 17.9 Å². The minimum atomic E-state index is -1.02. The Morgan fingerprint density at radius 2 is 1.85 bits per heavy atom. The number of carbonyl (C=O) groups excluding carboxylic acids is 3. The number of aromatic nitrogens is 3. The number of para-hydroxylation sites is 1. The van der Waals surface area contributed by atoms with Crippen molar-refractivity contribution in [2.75, 3.05) is 18.6 Å². The monoisotopic (exact) mass is 572 g/mol. The summed E-state index contributed by atoms with van der Waals surface area (Å²) in [6, 6.07) is 18.7. The molecular weight excluding hydrogens is 548 g/mol. The predicted molar refractivity (Wildman–Crippen MR) is 151 cm³/mol. The Balaban J connectivity index is 1.18. The molecule has 1 amide bonds. The fraction of sp³-hybridized carbons (Fsp3) is 0.167. The van der Waals surface area contributed by atoms with Gasteiger partial charge < -0.3 is 19.5 Å². The first-order valence-corrected chi connectivity index (χ1v) is 13.0. The van der Waals surface area contributed by atoms with Crippen LogP contribution in [0.2, 0.25) is 5.02 Å². The number of allylic oxidation sites excluding steroid dienone is 1. The van der Waals surface area contributed by atoms with Crippen molar-refractivity contribution in [1.82, 2.24) is 15.0 Å². The van der Waals surface area contributed by atoms with Crippen molar-refractivity contribution in [1.29, 1.82) is 0 Å². The van der Waals surface area contributed by atoms with E-state index in [0.29, 0.717) is 39.0 Å². The fourth-order valence-electron chi connectivity index (χ4n) is 4.35. The molecule has 0 radical (unpaired) electrons. The van der Waals surface area contributed by atoms with Crippen molar-refractivity contribution < 1.29 is 29.0 Å². The first-order valence-electron chi connectivity index (χ1n) is 12.6. The molecule has 1 atom stereocenters. The number of methoxy groups -OCH3 is 1. The predicted octanol–water partition coefficient (Wildman–Crippen LogP) is 4.01. The van der Waals surface area contributed by atoms with Crippen LogP contribution in [0.25, 0.3) is 6.08 Å². The number of ether oxygens (including phenoxy) is 2. The van der Waals surface area contributed by atoms with Gasteiger partial charge >= 0.3 is 0 Å². The number of carbonyl (C=O) groups is 3. The lowest BCUT2D eigenvalue weighted by molar-refractivity contribution is -0.114. The number of ketones is 2. The smallest absolute Gasteiger partial charge is 0.299 e. The van der Waals surface area contributed by atoms with Gasteiger partial charge in [0.25, 0.3) is 11.7 Å². The largest absolute Gasteiger partial charge is 0.497 e. The summed E-state index contributed by atoms with van der Waals surface area (Å²) in [5.41, 5.74) is 2.39. The first kappa shape index (κ1) is 27.8. The molecule has 2 heterocycles. The maximum absolute atomic E-state index is 12.6. The number of nitrogens with zero attached hydrogens (tertiary/aromatic N) is 4. The van der Waals surface area contributed by atoms with Crippen LogP contribution in [0.15, 0.2) is 79.0 Å². The average molecular weight is 573 g/mol. The van der Waals surface area contributed by atoms with Gasteiger partial charge in [0.2, 0.25) is 0 Å². The topological polar surface area (TPSA) is 124 Å². The van der Waals surface area contributed by atoms with Gasteiger partial charge in [-0.25, -0.2) is 4.68 Å². The minimum absolute atomic E-state index is 0.0424. The number of hydrogen-bond acceptors (Lipinski definition) is 8. The summed E-state index contributed by atoms with van der Waals surface area (Å²) >= 11 is 5.95. The molecule has 0 fully saturated rings. The number of anilines is 1. The standard InChI is InChI=1S/C30H25ClN4O6/c1-40-24-10-6-19(7-11-24)27(37)13-8-20-4-2-3-5-28(20)41-18-22-15-34(33-32-22)16-23(36)17-35-26-12-9-21(31)14-25(26)29(38)30(35)39/h2-15,23,36H,16-18H2,1H3/b13-8+. The number of aliphatic hydroxyl groups is 1. The Bertz CT molecular complexity index is 1630. The van der Waals surface area contributed by atoms with Gasteiger partial charge in [0, 0.05) is 16.1 Å². The minimum Gasteiger partial charge on any atom is -0.497 e. The summed E-state index contributed by atoms with van der Waals surface area (Å²) in [7, 11) is 1.57. The zero-order valence-electron chi connectivity index (χ0n) is 21.9. The van der Waals surface area contributed by atoms with Crippen molar-refractivity contribution in [2.24, 2.45) is 0 Å². The highest BCUT2D eigenvalue weighted by Gasteiger charge is 2.36. The van der Waals surface area contributed by atoms with Crippen LogP contribution in [0.5, 0.6) is 11.5 Å². The van der Waals surface area contributed by atoms with Gasteiger partial charge in [-0.1, -0.05) is 35.0 Å². The lowest BCUT2D eigenvalue weighted by atomic mass is 10.1. The SMILES string of the molecule is COc1ccc(C(=O)/C=C/c2ccccc2OCc2cn(CC(O)CN3C(=O)C(=O)c4cc(Cl)ccc43)nn2)cc1. The second-order valence-electron chi connectivity index (χ2n) is 9.24. The van der Waals surface area contributed by atoms with Gasteiger partial charge in [-0.3, -0.25) is 14.4 Å². The molecule has 0 spiro atoms. The number of fused-ring (bicyclic) bond motifs is 1. The molecule has 1 aromatic heterocycles. The highest BCUT2D eigenvalue weighted by molar-refractivity contribution is 6.52. The molecule has 0 saturated carbocycles. The highest BCUT2D eigenvalue weighted by atomic mass is 35.5. The van der Waals surface area contributed by atoms with Crippen molar-refractivity contribution >= 4 is 40.8 Å². The zero-order valence-corrected chi connectivity index (χ0v) is 22.7. The number of benzene rings is 3. The molecule has 208 valence electrons. The number of β-amino-alcohol motifs (C(OH)–C–C–N with tert-alkyl or cyclic N) is 1. The van der Waals surface area contributed by atoms with E-state index in [0.717, 1.165) is 0 Å². The van der Waals surface area contributed by atoms with Crippen LogP contribution in [-0.4, -0.2) is 57.3 Å². The van der Waals surface area contributed by atoms with E-state index in [-0.39, 0.29) is 31.0 Å². The summed E-state index contributed by atoms with van der Waals surface area (Å²) in [6.07, 6.45) is 3.77. The molecule has 1 aliphatic rings. The Morgan fingerprint density at radius 3 is 2.63 bits per heavy atom. The third-order valence-corrected chi connectivity index (χ3v) is 6.63. The third-order valence-electron chi connectivity index (χ3n) is 6.39. The molecule has 1 unspecified atom stereocenters. The molecule has 0 saturated heterocycles. The van der Waals surface area contributed by atoms with E-state index in [1.807, 2.05) is 18.2 Å². The van der Waals surface area contributed by atoms with Crippen LogP contribution in [0.1, 0.15) is 32.0 Å². The summed E-state index contributed by atoms with van der Waals surface area (Å²) in [4.78, 5) is 38.5. The lowest BCUT2D eigenvalue weighted by Gasteiger charge is -2.20. The molecule has 0 bridgehead atoms. The van der Waals surface area contributed by atoms with E-state index < -0.39 is 17.8 Å². The van der Waals surface area contributed by atoms with Gasteiger partial charge in [0.15, 0.2) is 5.78 Å². The molecular formula is C30H25ClN4O6. The van der Waals surface area contributed by atoms with Crippen molar-refractivity contribution in [3.63, 3.8) is 0 Å². The maximum atomic E-state index is 12.6. The molecule has 3 aromatic carbocycles. The van der Waals surface area contributed by atoms with Gasteiger partial charge in [-0.05, 0) is 60.7 Å². The number of halogens is 1. The molecule has 0 aliphatic carbocycles. The van der Waals surface area contributed by atoms with Gasteiger partial charge in [0.1, 0.15) is 23.8 Å². The summed E-state index contributed by atoms with van der Waals surface area (Å²) < 4.78 is 12.5. The number of rotatable bonds is 11. The fourth-order valence-corrected chi connectivity index (χ4v) is 4.52. The summed E-state index contributed by atoms with van der Waals surface area (Å²) in [5, 5.41) is 19.1. The highest BCUT2D eigenvalue weighted by Crippen LogP contribution is 2.31. The van der Waals surface area contributed by atoms with Gasteiger partial charge in [0.05, 0.1) is 43.8 Å². The maximum Gasteiger partial charge on any atom is 0.299 e. The van der Waals surface area contributed by atoms with Crippen molar-refractivity contribution in [2.45, 2.75) is 19.3 Å². The average Bonchev–Trinajstić information content (AvgIpc) is 3.52. The second-order valence-corrected chi connectivity index (χ2v) is 9.68. The van der Waals surface area contributed by atoms with Crippen molar-refractivity contribution in [3.8, 4) is 11.5 Å². The van der Waals surface area contributed by atoms with E-state index >= 15 is 0 Å². The van der Waals surface area contributed by atoms with Gasteiger partial charge in [-0.2, -0.15) is 0 Å². The summed E-state index contributed by atoms with van der Waals surface area (Å²) in [6.45, 7) is 0.0428.